The average molecular weight is 369 g/mol. The molecule has 1 amide bonds. The Morgan fingerprint density at radius 1 is 1.12 bits per heavy atom. The summed E-state index contributed by atoms with van der Waals surface area (Å²) in [5.74, 6) is -0.0619. The zero-order valence-electron chi connectivity index (χ0n) is 14.4. The molecule has 0 radical (unpaired) electrons. The molecule has 134 valence electrons. The van der Waals surface area contributed by atoms with Crippen LogP contribution in [-0.2, 0) is 10.2 Å². The van der Waals surface area contributed by atoms with Gasteiger partial charge >= 0.3 is 0 Å². The Hall–Kier alpha value is -2.30. The van der Waals surface area contributed by atoms with E-state index in [1.807, 2.05) is 48.7 Å². The molecule has 0 aliphatic carbocycles. The molecule has 5 heteroatoms. The van der Waals surface area contributed by atoms with Crippen LogP contribution >= 0.6 is 11.6 Å². The lowest BCUT2D eigenvalue weighted by atomic mass is 9.74. The summed E-state index contributed by atoms with van der Waals surface area (Å²) >= 11 is 6.49. The molecule has 0 atom stereocenters. The van der Waals surface area contributed by atoms with Gasteiger partial charge in [0.15, 0.2) is 0 Å². The Morgan fingerprint density at radius 3 is 2.73 bits per heavy atom. The zero-order valence-corrected chi connectivity index (χ0v) is 15.2. The molecule has 0 bridgehead atoms. The van der Waals surface area contributed by atoms with Gasteiger partial charge in [0.2, 0.25) is 0 Å². The Kier molecular flexibility index (Phi) is 4.70. The van der Waals surface area contributed by atoms with E-state index in [2.05, 4.69) is 16.4 Å². The lowest BCUT2D eigenvalue weighted by molar-refractivity contribution is 0.0487. The van der Waals surface area contributed by atoms with Crippen LogP contribution in [0.4, 0.5) is 0 Å². The van der Waals surface area contributed by atoms with E-state index in [1.165, 1.54) is 0 Å². The van der Waals surface area contributed by atoms with E-state index in [0.29, 0.717) is 25.3 Å². The number of ether oxygens (including phenoxy) is 1. The number of amides is 1. The highest BCUT2D eigenvalue weighted by molar-refractivity contribution is 6.31. The van der Waals surface area contributed by atoms with Gasteiger partial charge in [-0.1, -0.05) is 35.9 Å². The third-order valence-electron chi connectivity index (χ3n) is 5.32. The van der Waals surface area contributed by atoms with Crippen LogP contribution < -0.4 is 5.32 Å². The van der Waals surface area contributed by atoms with Crippen molar-refractivity contribution in [2.24, 2.45) is 0 Å². The highest BCUT2D eigenvalue weighted by Crippen LogP contribution is 2.38. The molecule has 1 fully saturated rings. The number of aromatic nitrogens is 1. The summed E-state index contributed by atoms with van der Waals surface area (Å²) in [6, 6.07) is 15.6. The summed E-state index contributed by atoms with van der Waals surface area (Å²) in [4.78, 5) is 16.0. The van der Waals surface area contributed by atoms with Crippen LogP contribution in [0, 0.1) is 0 Å². The number of carbonyl (C=O) groups is 1. The second-order valence-corrected chi connectivity index (χ2v) is 7.21. The summed E-state index contributed by atoms with van der Waals surface area (Å²) < 4.78 is 5.56. The minimum Gasteiger partial charge on any atom is -0.381 e. The largest absolute Gasteiger partial charge is 0.381 e. The molecule has 2 N–H and O–H groups in total. The Bertz CT molecular complexity index is 928. The van der Waals surface area contributed by atoms with Crippen molar-refractivity contribution in [2.45, 2.75) is 18.3 Å². The zero-order chi connectivity index (χ0) is 18.0. The number of fused-ring (bicyclic) bond motifs is 1. The summed E-state index contributed by atoms with van der Waals surface area (Å²) in [5, 5.41) is 4.83. The maximum Gasteiger partial charge on any atom is 0.251 e. The van der Waals surface area contributed by atoms with Crippen LogP contribution in [0.25, 0.3) is 10.9 Å². The maximum atomic E-state index is 12.9. The molecule has 1 aliphatic heterocycles. The molecule has 1 aliphatic rings. The highest BCUT2D eigenvalue weighted by Gasteiger charge is 2.36. The highest BCUT2D eigenvalue weighted by atomic mass is 35.5. The fourth-order valence-electron chi connectivity index (χ4n) is 3.82. The molecule has 3 aromatic rings. The first-order valence-corrected chi connectivity index (χ1v) is 9.24. The number of hydrogen-bond acceptors (Lipinski definition) is 2. The fraction of sp³-hybridized carbons (Fsp3) is 0.286. The van der Waals surface area contributed by atoms with Crippen LogP contribution in [-0.4, -0.2) is 30.6 Å². The summed E-state index contributed by atoms with van der Waals surface area (Å²) in [6.45, 7) is 1.89. The van der Waals surface area contributed by atoms with Crippen LogP contribution in [0.3, 0.4) is 0 Å². The van der Waals surface area contributed by atoms with E-state index >= 15 is 0 Å². The van der Waals surface area contributed by atoms with E-state index in [9.17, 15) is 4.79 Å². The van der Waals surface area contributed by atoms with Gasteiger partial charge in [-0.3, -0.25) is 4.79 Å². The number of hydrogen-bond donors (Lipinski definition) is 2. The molecular weight excluding hydrogens is 348 g/mol. The molecule has 26 heavy (non-hydrogen) atoms. The number of benzene rings is 2. The number of aromatic amines is 1. The van der Waals surface area contributed by atoms with Crippen LogP contribution in [0.1, 0.15) is 28.8 Å². The SMILES string of the molecule is O=C(NCC1(c2ccccc2Cl)CCOCC1)c1cccc2[nH]ccc12. The first-order chi connectivity index (χ1) is 12.7. The van der Waals surface area contributed by atoms with Gasteiger partial charge in [-0.2, -0.15) is 0 Å². The first kappa shape index (κ1) is 17.1. The standard InChI is InChI=1S/C21H21ClN2O2/c22-18-6-2-1-5-17(18)21(9-12-26-13-10-21)14-24-20(25)16-4-3-7-19-15(16)8-11-23-19/h1-8,11,23H,9-10,12-14H2,(H,24,25). The van der Waals surface area contributed by atoms with Gasteiger partial charge in [0.1, 0.15) is 0 Å². The minimum absolute atomic E-state index is 0.0619. The van der Waals surface area contributed by atoms with Crippen molar-refractivity contribution in [2.75, 3.05) is 19.8 Å². The van der Waals surface area contributed by atoms with E-state index in [4.69, 9.17) is 16.3 Å². The molecule has 1 saturated heterocycles. The topological polar surface area (TPSA) is 54.1 Å². The Balaban J connectivity index is 1.60. The van der Waals surface area contributed by atoms with Crippen molar-refractivity contribution in [3.63, 3.8) is 0 Å². The molecule has 0 unspecified atom stereocenters. The Labute approximate surface area is 157 Å². The second kappa shape index (κ2) is 7.14. The van der Waals surface area contributed by atoms with E-state index in [1.54, 1.807) is 0 Å². The van der Waals surface area contributed by atoms with E-state index in [-0.39, 0.29) is 11.3 Å². The van der Waals surface area contributed by atoms with Gasteiger partial charge in [-0.15, -0.1) is 0 Å². The van der Waals surface area contributed by atoms with Gasteiger partial charge in [-0.05, 0) is 42.7 Å². The van der Waals surface area contributed by atoms with Crippen LogP contribution in [0.2, 0.25) is 5.02 Å². The monoisotopic (exact) mass is 368 g/mol. The number of H-pyrrole nitrogens is 1. The van der Waals surface area contributed by atoms with Gasteiger partial charge in [0, 0.05) is 52.9 Å². The first-order valence-electron chi connectivity index (χ1n) is 8.87. The lowest BCUT2D eigenvalue weighted by Crippen LogP contribution is -2.44. The smallest absolute Gasteiger partial charge is 0.251 e. The average Bonchev–Trinajstić information content (AvgIpc) is 3.16. The van der Waals surface area contributed by atoms with Crippen LogP contribution in [0.15, 0.2) is 54.7 Å². The van der Waals surface area contributed by atoms with Crippen LogP contribution in [0.5, 0.6) is 0 Å². The lowest BCUT2D eigenvalue weighted by Gasteiger charge is -2.38. The number of carbonyl (C=O) groups excluding carboxylic acids is 1. The van der Waals surface area contributed by atoms with Crippen molar-refractivity contribution in [3.8, 4) is 0 Å². The summed E-state index contributed by atoms with van der Waals surface area (Å²) in [6.07, 6.45) is 3.53. The van der Waals surface area contributed by atoms with Gasteiger partial charge in [0.25, 0.3) is 5.91 Å². The molecule has 2 aromatic carbocycles. The molecule has 0 spiro atoms. The summed E-state index contributed by atoms with van der Waals surface area (Å²) in [7, 11) is 0. The third-order valence-corrected chi connectivity index (χ3v) is 5.65. The van der Waals surface area contributed by atoms with Gasteiger partial charge in [0.05, 0.1) is 0 Å². The van der Waals surface area contributed by atoms with Crippen molar-refractivity contribution in [1.82, 2.24) is 10.3 Å². The minimum atomic E-state index is -0.196. The molecule has 1 aromatic heterocycles. The molecule has 0 saturated carbocycles. The number of rotatable bonds is 4. The molecular formula is C21H21ClN2O2. The quantitative estimate of drug-likeness (QED) is 0.721. The maximum absolute atomic E-state index is 12.9. The number of halogens is 1. The van der Waals surface area contributed by atoms with E-state index in [0.717, 1.165) is 34.3 Å². The third kappa shape index (κ3) is 3.11. The van der Waals surface area contributed by atoms with Crippen molar-refractivity contribution in [1.29, 1.82) is 0 Å². The van der Waals surface area contributed by atoms with Gasteiger partial charge < -0.3 is 15.0 Å². The second-order valence-electron chi connectivity index (χ2n) is 6.80. The van der Waals surface area contributed by atoms with Gasteiger partial charge in [-0.25, -0.2) is 0 Å². The van der Waals surface area contributed by atoms with Crippen molar-refractivity contribution < 1.29 is 9.53 Å². The molecule has 2 heterocycles. The molecule has 4 nitrogen and oxygen atoms in total. The van der Waals surface area contributed by atoms with Crippen molar-refractivity contribution >= 4 is 28.4 Å². The predicted molar refractivity (Wildman–Crippen MR) is 104 cm³/mol. The van der Waals surface area contributed by atoms with E-state index < -0.39 is 0 Å². The molecule has 4 rings (SSSR count). The normalized spacial score (nSPS) is 16.5. The summed E-state index contributed by atoms with van der Waals surface area (Å²) in [5.41, 5.74) is 2.54. The number of nitrogens with one attached hydrogen (secondary N) is 2. The Morgan fingerprint density at radius 2 is 1.92 bits per heavy atom. The predicted octanol–water partition coefficient (Wildman–Crippen LogP) is 4.30. The fourth-order valence-corrected chi connectivity index (χ4v) is 4.16. The van der Waals surface area contributed by atoms with Crippen molar-refractivity contribution in [3.05, 3.63) is 70.9 Å².